The molecule has 1 aliphatic rings. The number of methoxy groups -OCH3 is 1. The molecular weight excluding hydrogens is 556 g/mol. The van der Waals surface area contributed by atoms with Crippen LogP contribution < -0.4 is 14.8 Å². The number of hydrogen-bond donors (Lipinski definition) is 1. The van der Waals surface area contributed by atoms with Crippen LogP contribution in [0.3, 0.4) is 0 Å². The third-order valence-corrected chi connectivity index (χ3v) is 7.21. The Morgan fingerprint density at radius 1 is 1.19 bits per heavy atom. The number of carbonyl (C=O) groups excluding carboxylic acids is 1. The summed E-state index contributed by atoms with van der Waals surface area (Å²) >= 11 is 5.04. The summed E-state index contributed by atoms with van der Waals surface area (Å²) in [5.74, 6) is 2.25. The molecule has 1 unspecified atom stereocenters. The van der Waals surface area contributed by atoms with Crippen molar-refractivity contribution in [2.75, 3.05) is 18.2 Å². The van der Waals surface area contributed by atoms with Crippen LogP contribution in [-0.2, 0) is 16.1 Å². The molecule has 1 aliphatic heterocycles. The summed E-state index contributed by atoms with van der Waals surface area (Å²) in [4.78, 5) is 17.9. The van der Waals surface area contributed by atoms with E-state index >= 15 is 0 Å². The summed E-state index contributed by atoms with van der Waals surface area (Å²) in [6.45, 7) is 8.03. The molecule has 0 fully saturated rings. The standard InChI is InChI=1S/C27H31BrN4O4S/c1-6-13-37-27-30-26-29-17(4)23(25(33)36-16(2)3)24(32(26)31-27)19-9-12-21(22(14-19)34-5)35-15-18-7-10-20(28)11-8-18/h7-12,14,16,24H,6,13,15H2,1-5H3,(H,29,30,31). The molecule has 2 aromatic carbocycles. The minimum Gasteiger partial charge on any atom is -0.493 e. The minimum atomic E-state index is -0.541. The van der Waals surface area contributed by atoms with E-state index in [0.29, 0.717) is 40.5 Å². The van der Waals surface area contributed by atoms with Crippen LogP contribution in [0.25, 0.3) is 0 Å². The number of allylic oxidation sites excluding steroid dienone is 1. The van der Waals surface area contributed by atoms with Crippen LogP contribution in [0.15, 0.2) is 63.4 Å². The molecule has 0 amide bonds. The number of ether oxygens (including phenoxy) is 3. The summed E-state index contributed by atoms with van der Waals surface area (Å²) in [7, 11) is 1.60. The molecule has 2 heterocycles. The van der Waals surface area contributed by atoms with Crippen LogP contribution in [0.1, 0.15) is 51.3 Å². The smallest absolute Gasteiger partial charge is 0.338 e. The van der Waals surface area contributed by atoms with Gasteiger partial charge in [0.2, 0.25) is 11.1 Å². The maximum Gasteiger partial charge on any atom is 0.338 e. The Balaban J connectivity index is 1.70. The van der Waals surface area contributed by atoms with Crippen molar-refractivity contribution in [1.29, 1.82) is 0 Å². The van der Waals surface area contributed by atoms with E-state index in [4.69, 9.17) is 19.3 Å². The molecule has 0 aliphatic carbocycles. The highest BCUT2D eigenvalue weighted by atomic mass is 79.9. The van der Waals surface area contributed by atoms with Gasteiger partial charge in [0.1, 0.15) is 12.6 Å². The van der Waals surface area contributed by atoms with Gasteiger partial charge in [0, 0.05) is 15.9 Å². The molecule has 4 rings (SSSR count). The number of esters is 1. The lowest BCUT2D eigenvalue weighted by molar-refractivity contribution is -0.143. The van der Waals surface area contributed by atoms with Crippen molar-refractivity contribution in [2.45, 2.75) is 58.0 Å². The monoisotopic (exact) mass is 586 g/mol. The second-order valence-electron chi connectivity index (χ2n) is 8.86. The molecule has 196 valence electrons. The van der Waals surface area contributed by atoms with Crippen molar-refractivity contribution in [2.24, 2.45) is 0 Å². The molecule has 0 radical (unpaired) electrons. The highest BCUT2D eigenvalue weighted by Crippen LogP contribution is 2.40. The van der Waals surface area contributed by atoms with E-state index in [1.165, 1.54) is 0 Å². The number of nitrogens with zero attached hydrogens (tertiary/aromatic N) is 3. The first-order valence-electron chi connectivity index (χ1n) is 12.1. The van der Waals surface area contributed by atoms with E-state index in [9.17, 15) is 4.79 Å². The summed E-state index contributed by atoms with van der Waals surface area (Å²) in [5, 5.41) is 8.63. The number of aromatic nitrogens is 3. The van der Waals surface area contributed by atoms with E-state index in [0.717, 1.165) is 27.8 Å². The van der Waals surface area contributed by atoms with Crippen LogP contribution in [0.5, 0.6) is 11.5 Å². The van der Waals surface area contributed by atoms with Crippen molar-refractivity contribution in [1.82, 2.24) is 14.8 Å². The number of nitrogens with one attached hydrogen (secondary N) is 1. The number of fused-ring (bicyclic) bond motifs is 1. The molecule has 8 nitrogen and oxygen atoms in total. The average molecular weight is 588 g/mol. The summed E-state index contributed by atoms with van der Waals surface area (Å²) < 4.78 is 20.1. The molecule has 0 spiro atoms. The molecule has 1 aromatic heterocycles. The SMILES string of the molecule is CCCSc1nc2n(n1)C(c1ccc(OCc3ccc(Br)cc3)c(OC)c1)C(C(=O)OC(C)C)=C(C)N2. The first kappa shape index (κ1) is 27.1. The number of anilines is 1. The van der Waals surface area contributed by atoms with Crippen LogP contribution in [0, 0.1) is 0 Å². The van der Waals surface area contributed by atoms with Gasteiger partial charge in [-0.1, -0.05) is 52.8 Å². The molecule has 0 saturated heterocycles. The molecule has 1 atom stereocenters. The number of halogens is 1. The predicted octanol–water partition coefficient (Wildman–Crippen LogP) is 6.37. The molecule has 1 N–H and O–H groups in total. The van der Waals surface area contributed by atoms with E-state index < -0.39 is 12.0 Å². The van der Waals surface area contributed by atoms with Gasteiger partial charge in [0.15, 0.2) is 11.5 Å². The molecule has 37 heavy (non-hydrogen) atoms. The van der Waals surface area contributed by atoms with E-state index in [1.54, 1.807) is 23.6 Å². The normalized spacial score (nSPS) is 14.8. The number of hydrogen-bond acceptors (Lipinski definition) is 8. The molecule has 10 heteroatoms. The Labute approximate surface area is 229 Å². The second-order valence-corrected chi connectivity index (χ2v) is 10.8. The van der Waals surface area contributed by atoms with Gasteiger partial charge in [-0.05, 0) is 62.6 Å². The fourth-order valence-electron chi connectivity index (χ4n) is 3.95. The predicted molar refractivity (Wildman–Crippen MR) is 148 cm³/mol. The van der Waals surface area contributed by atoms with Gasteiger partial charge in [-0.2, -0.15) is 4.98 Å². The fourth-order valence-corrected chi connectivity index (χ4v) is 4.90. The molecule has 0 saturated carbocycles. The lowest BCUT2D eigenvalue weighted by Gasteiger charge is -2.29. The third kappa shape index (κ3) is 6.30. The zero-order valence-electron chi connectivity index (χ0n) is 21.6. The van der Waals surface area contributed by atoms with Crippen molar-refractivity contribution in [3.63, 3.8) is 0 Å². The zero-order valence-corrected chi connectivity index (χ0v) is 24.0. The summed E-state index contributed by atoms with van der Waals surface area (Å²) in [5.41, 5.74) is 3.00. The van der Waals surface area contributed by atoms with E-state index in [2.05, 4.69) is 33.2 Å². The second kappa shape index (κ2) is 12.0. The summed E-state index contributed by atoms with van der Waals surface area (Å²) in [6.07, 6.45) is 0.748. The van der Waals surface area contributed by atoms with Crippen LogP contribution in [0.4, 0.5) is 5.95 Å². The number of benzene rings is 2. The van der Waals surface area contributed by atoms with Crippen LogP contribution >= 0.6 is 27.7 Å². The fraction of sp³-hybridized carbons (Fsp3) is 0.370. The topological polar surface area (TPSA) is 87.5 Å². The van der Waals surface area contributed by atoms with Gasteiger partial charge in [-0.15, -0.1) is 5.10 Å². The lowest BCUT2D eigenvalue weighted by Crippen LogP contribution is -2.30. The summed E-state index contributed by atoms with van der Waals surface area (Å²) in [6, 6.07) is 13.1. The maximum absolute atomic E-state index is 13.2. The largest absolute Gasteiger partial charge is 0.493 e. The molecule has 3 aromatic rings. The zero-order chi connectivity index (χ0) is 26.5. The van der Waals surface area contributed by atoms with E-state index in [-0.39, 0.29) is 6.10 Å². The Morgan fingerprint density at radius 2 is 1.95 bits per heavy atom. The Hall–Kier alpha value is -2.98. The minimum absolute atomic E-state index is 0.259. The number of carbonyl (C=O) groups is 1. The van der Waals surface area contributed by atoms with Gasteiger partial charge >= 0.3 is 5.97 Å². The Bertz CT molecular complexity index is 1290. The van der Waals surface area contributed by atoms with Gasteiger partial charge in [0.25, 0.3) is 0 Å². The van der Waals surface area contributed by atoms with Gasteiger partial charge < -0.3 is 19.5 Å². The van der Waals surface area contributed by atoms with Gasteiger partial charge in [-0.25, -0.2) is 9.48 Å². The highest BCUT2D eigenvalue weighted by molar-refractivity contribution is 9.10. The lowest BCUT2D eigenvalue weighted by atomic mass is 9.95. The third-order valence-electron chi connectivity index (χ3n) is 5.64. The van der Waals surface area contributed by atoms with Gasteiger partial charge in [0.05, 0.1) is 18.8 Å². The first-order valence-corrected chi connectivity index (χ1v) is 13.9. The van der Waals surface area contributed by atoms with Crippen molar-refractivity contribution in [3.8, 4) is 11.5 Å². The van der Waals surface area contributed by atoms with Crippen LogP contribution in [-0.4, -0.2) is 39.7 Å². The first-order chi connectivity index (χ1) is 17.8. The van der Waals surface area contributed by atoms with E-state index in [1.807, 2.05) is 63.2 Å². The maximum atomic E-state index is 13.2. The van der Waals surface area contributed by atoms with Crippen molar-refractivity contribution in [3.05, 3.63) is 69.3 Å². The highest BCUT2D eigenvalue weighted by Gasteiger charge is 2.36. The van der Waals surface area contributed by atoms with Crippen molar-refractivity contribution >= 4 is 39.6 Å². The van der Waals surface area contributed by atoms with Crippen molar-refractivity contribution < 1.29 is 19.0 Å². The quantitative estimate of drug-likeness (QED) is 0.216. The molecular formula is C27H31BrN4O4S. The number of rotatable bonds is 10. The van der Waals surface area contributed by atoms with Crippen LogP contribution in [0.2, 0.25) is 0 Å². The average Bonchev–Trinajstić information content (AvgIpc) is 3.28. The Morgan fingerprint density at radius 3 is 2.62 bits per heavy atom. The Kier molecular flexibility index (Phi) is 8.81. The number of thioether (sulfide) groups is 1. The molecule has 0 bridgehead atoms. The van der Waals surface area contributed by atoms with Gasteiger partial charge in [-0.3, -0.25) is 0 Å².